The average molecular weight is 461 g/mol. The fraction of sp³-hybridized carbons (Fsp3) is 0.429. The number of ether oxygens (including phenoxy) is 1. The summed E-state index contributed by atoms with van der Waals surface area (Å²) in [6.07, 6.45) is 0. The van der Waals surface area contributed by atoms with Crippen molar-refractivity contribution in [3.05, 3.63) is 45.1 Å². The zero-order valence-corrected chi connectivity index (χ0v) is 19.4. The number of amides is 1. The van der Waals surface area contributed by atoms with Crippen molar-refractivity contribution in [3.63, 3.8) is 0 Å². The molecule has 0 fully saturated rings. The van der Waals surface area contributed by atoms with Gasteiger partial charge in [0, 0.05) is 27.2 Å². The second kappa shape index (κ2) is 10.0. The van der Waals surface area contributed by atoms with E-state index in [4.69, 9.17) is 10.5 Å². The predicted octanol–water partition coefficient (Wildman–Crippen LogP) is 1.43. The molecule has 0 spiro atoms. The lowest BCUT2D eigenvalue weighted by Crippen LogP contribution is -2.43. The number of methoxy groups -OCH3 is 1. The molecule has 11 heteroatoms. The minimum Gasteiger partial charge on any atom is -0.383 e. The minimum atomic E-state index is -0.704. The van der Waals surface area contributed by atoms with Crippen LogP contribution in [0.5, 0.6) is 0 Å². The molecule has 0 atom stereocenters. The fourth-order valence-corrected chi connectivity index (χ4v) is 4.25. The van der Waals surface area contributed by atoms with Gasteiger partial charge in [-0.2, -0.15) is 0 Å². The number of thioether (sulfide) groups is 1. The normalized spacial score (nSPS) is 11.4. The summed E-state index contributed by atoms with van der Waals surface area (Å²) in [4.78, 5) is 46.2. The molecule has 0 bridgehead atoms. The van der Waals surface area contributed by atoms with E-state index in [1.807, 2.05) is 49.7 Å². The number of imidazole rings is 1. The number of benzene rings is 1. The fourth-order valence-electron chi connectivity index (χ4n) is 3.39. The molecular formula is C21H28N6O4S. The molecule has 2 heterocycles. The number of carbonyl (C=O) groups is 1. The molecule has 172 valence electrons. The van der Waals surface area contributed by atoms with Crippen LogP contribution in [0, 0.1) is 5.92 Å². The summed E-state index contributed by atoms with van der Waals surface area (Å²) in [5.41, 5.74) is 6.66. The van der Waals surface area contributed by atoms with Crippen molar-refractivity contribution >= 4 is 40.2 Å². The molecule has 10 nitrogen and oxygen atoms in total. The zero-order chi connectivity index (χ0) is 23.4. The Labute approximate surface area is 189 Å². The summed E-state index contributed by atoms with van der Waals surface area (Å²) < 4.78 is 8.32. The van der Waals surface area contributed by atoms with Crippen LogP contribution in [0.1, 0.15) is 13.8 Å². The van der Waals surface area contributed by atoms with Gasteiger partial charge in [0.05, 0.1) is 23.4 Å². The lowest BCUT2D eigenvalue weighted by atomic mass is 10.2. The Morgan fingerprint density at radius 2 is 2.03 bits per heavy atom. The molecule has 1 amide bonds. The van der Waals surface area contributed by atoms with Crippen LogP contribution >= 0.6 is 11.8 Å². The topological polar surface area (TPSA) is 128 Å². The monoisotopic (exact) mass is 460 g/mol. The number of para-hydroxylation sites is 2. The Bertz CT molecular complexity index is 1230. The molecule has 3 rings (SSSR count). The number of hydrogen-bond donors (Lipinski definition) is 2. The van der Waals surface area contributed by atoms with Crippen molar-refractivity contribution in [1.82, 2.24) is 19.1 Å². The summed E-state index contributed by atoms with van der Waals surface area (Å²) in [7, 11) is 3.39. The molecule has 0 aliphatic rings. The standard InChI is InChI=1S/C21H28N6O4S/c1-13(2)11-27-18(22)17(19(29)24-20(27)30)26(9-10-31-4)16(28)12-32-21-23-14-7-5-6-8-15(14)25(21)3/h5-8,13H,9-12,22H2,1-4H3,(H,24,29,30). The molecule has 3 N–H and O–H groups in total. The average Bonchev–Trinajstić information content (AvgIpc) is 3.07. The van der Waals surface area contributed by atoms with Gasteiger partial charge in [-0.15, -0.1) is 0 Å². The zero-order valence-electron chi connectivity index (χ0n) is 18.6. The van der Waals surface area contributed by atoms with Gasteiger partial charge in [0.2, 0.25) is 5.91 Å². The second-order valence-corrected chi connectivity index (χ2v) is 8.71. The lowest BCUT2D eigenvalue weighted by Gasteiger charge is -2.24. The summed E-state index contributed by atoms with van der Waals surface area (Å²) in [5.74, 6) is -0.232. The van der Waals surface area contributed by atoms with Crippen LogP contribution in [-0.2, 0) is 23.1 Å². The van der Waals surface area contributed by atoms with Gasteiger partial charge in [0.25, 0.3) is 5.56 Å². The van der Waals surface area contributed by atoms with Gasteiger partial charge in [-0.05, 0) is 18.1 Å². The highest BCUT2D eigenvalue weighted by atomic mass is 32.2. The number of nitrogens with two attached hydrogens (primary N) is 1. The summed E-state index contributed by atoms with van der Waals surface area (Å²) >= 11 is 1.27. The van der Waals surface area contributed by atoms with Gasteiger partial charge in [-0.25, -0.2) is 9.78 Å². The third-order valence-corrected chi connectivity index (χ3v) is 5.94. The molecule has 0 aliphatic heterocycles. The first-order valence-corrected chi connectivity index (χ1v) is 11.2. The Balaban J connectivity index is 1.92. The van der Waals surface area contributed by atoms with Gasteiger partial charge in [-0.3, -0.25) is 19.1 Å². The molecule has 0 saturated carbocycles. The van der Waals surface area contributed by atoms with Crippen molar-refractivity contribution < 1.29 is 9.53 Å². The Morgan fingerprint density at radius 1 is 1.31 bits per heavy atom. The molecule has 0 aliphatic carbocycles. The van der Waals surface area contributed by atoms with E-state index in [-0.39, 0.29) is 42.2 Å². The number of hydrogen-bond acceptors (Lipinski definition) is 7. The van der Waals surface area contributed by atoms with Crippen LogP contribution < -0.4 is 21.9 Å². The number of aromatic nitrogens is 4. The van der Waals surface area contributed by atoms with E-state index in [0.29, 0.717) is 11.7 Å². The number of nitrogens with one attached hydrogen (secondary N) is 1. The molecule has 1 aromatic carbocycles. The number of fused-ring (bicyclic) bond motifs is 1. The molecule has 3 aromatic rings. The van der Waals surface area contributed by atoms with E-state index in [1.54, 1.807) is 0 Å². The number of H-pyrrole nitrogens is 1. The van der Waals surface area contributed by atoms with Crippen molar-refractivity contribution in [3.8, 4) is 0 Å². The van der Waals surface area contributed by atoms with Crippen LogP contribution in [0.15, 0.2) is 39.0 Å². The van der Waals surface area contributed by atoms with Crippen molar-refractivity contribution in [1.29, 1.82) is 0 Å². The van der Waals surface area contributed by atoms with E-state index in [1.165, 1.54) is 28.3 Å². The van der Waals surface area contributed by atoms with Crippen molar-refractivity contribution in [2.24, 2.45) is 13.0 Å². The quantitative estimate of drug-likeness (QED) is 0.462. The Kier molecular flexibility index (Phi) is 7.41. The first-order chi connectivity index (χ1) is 15.2. The number of nitrogens with zero attached hydrogens (tertiary/aromatic N) is 4. The first-order valence-electron chi connectivity index (χ1n) is 10.2. The highest BCUT2D eigenvalue weighted by molar-refractivity contribution is 7.99. The lowest BCUT2D eigenvalue weighted by molar-refractivity contribution is -0.116. The van der Waals surface area contributed by atoms with E-state index >= 15 is 0 Å². The van der Waals surface area contributed by atoms with Gasteiger partial charge in [0.1, 0.15) is 5.82 Å². The van der Waals surface area contributed by atoms with E-state index < -0.39 is 11.2 Å². The van der Waals surface area contributed by atoms with E-state index in [2.05, 4.69) is 9.97 Å². The van der Waals surface area contributed by atoms with Gasteiger partial charge < -0.3 is 19.9 Å². The molecular weight excluding hydrogens is 432 g/mol. The molecule has 32 heavy (non-hydrogen) atoms. The molecule has 0 radical (unpaired) electrons. The van der Waals surface area contributed by atoms with E-state index in [9.17, 15) is 14.4 Å². The molecule has 2 aromatic heterocycles. The van der Waals surface area contributed by atoms with Gasteiger partial charge >= 0.3 is 5.69 Å². The number of aromatic amines is 1. The third kappa shape index (κ3) is 4.89. The van der Waals surface area contributed by atoms with E-state index in [0.717, 1.165) is 11.0 Å². The number of rotatable bonds is 9. The summed E-state index contributed by atoms with van der Waals surface area (Å²) in [6.45, 7) is 4.49. The van der Waals surface area contributed by atoms with Crippen molar-refractivity contribution in [2.75, 3.05) is 36.6 Å². The maximum Gasteiger partial charge on any atom is 0.330 e. The van der Waals surface area contributed by atoms with Gasteiger partial charge in [-0.1, -0.05) is 37.7 Å². The Morgan fingerprint density at radius 3 is 2.69 bits per heavy atom. The largest absolute Gasteiger partial charge is 0.383 e. The highest BCUT2D eigenvalue weighted by Crippen LogP contribution is 2.24. The van der Waals surface area contributed by atoms with Crippen LogP contribution in [0.2, 0.25) is 0 Å². The number of aryl methyl sites for hydroxylation is 1. The Hall–Kier alpha value is -3.05. The highest BCUT2D eigenvalue weighted by Gasteiger charge is 2.25. The first kappa shape index (κ1) is 23.6. The second-order valence-electron chi connectivity index (χ2n) is 7.77. The smallest absolute Gasteiger partial charge is 0.330 e. The van der Waals surface area contributed by atoms with Crippen LogP contribution in [-0.4, -0.2) is 51.0 Å². The van der Waals surface area contributed by atoms with Crippen molar-refractivity contribution in [2.45, 2.75) is 25.5 Å². The minimum absolute atomic E-state index is 0.0308. The SMILES string of the molecule is COCCN(C(=O)CSc1nc2ccccc2n1C)c1c(N)n(CC(C)C)c(=O)[nH]c1=O. The van der Waals surface area contributed by atoms with Crippen LogP contribution in [0.25, 0.3) is 11.0 Å². The molecule has 0 unspecified atom stereocenters. The number of anilines is 2. The maximum absolute atomic E-state index is 13.2. The van der Waals surface area contributed by atoms with Gasteiger partial charge in [0.15, 0.2) is 10.8 Å². The number of nitrogen functional groups attached to an aromatic ring is 1. The van der Waals surface area contributed by atoms with Crippen LogP contribution in [0.3, 0.4) is 0 Å². The predicted molar refractivity (Wildman–Crippen MR) is 126 cm³/mol. The maximum atomic E-state index is 13.2. The number of carbonyl (C=O) groups excluding carboxylic acids is 1. The molecule has 0 saturated heterocycles. The summed E-state index contributed by atoms with van der Waals surface area (Å²) in [5, 5.41) is 0.679. The summed E-state index contributed by atoms with van der Waals surface area (Å²) in [6, 6.07) is 7.70. The third-order valence-electron chi connectivity index (χ3n) is 4.92. The van der Waals surface area contributed by atoms with Crippen LogP contribution in [0.4, 0.5) is 11.5 Å².